The molecule has 1 amide bonds. The standard InChI is InChI=1S/C18H23FN2O2S/c1-12-3-2-4-15(20-12)8-23-16-7-18(24-9-16)10-21(11-18)17(22)13-5-14(19)6-13/h2-4,13-14,16H,5-11H2,1H3/t13?,14?,16-/m1/s1. The summed E-state index contributed by atoms with van der Waals surface area (Å²) in [5, 5.41) is 0. The van der Waals surface area contributed by atoms with E-state index in [4.69, 9.17) is 4.74 Å². The summed E-state index contributed by atoms with van der Waals surface area (Å²) in [4.78, 5) is 18.6. The van der Waals surface area contributed by atoms with E-state index in [9.17, 15) is 9.18 Å². The average Bonchev–Trinajstić information content (AvgIpc) is 2.92. The van der Waals surface area contributed by atoms with E-state index in [2.05, 4.69) is 4.98 Å². The molecule has 3 fully saturated rings. The van der Waals surface area contributed by atoms with Gasteiger partial charge in [0.05, 0.1) is 23.2 Å². The molecule has 1 aromatic heterocycles. The number of halogens is 1. The van der Waals surface area contributed by atoms with E-state index in [0.29, 0.717) is 19.4 Å². The molecule has 1 aromatic rings. The Labute approximate surface area is 146 Å². The number of carbonyl (C=O) groups is 1. The predicted octanol–water partition coefficient (Wildman–Crippen LogP) is 2.74. The van der Waals surface area contributed by atoms with Crippen LogP contribution in [-0.2, 0) is 16.1 Å². The number of thioether (sulfide) groups is 1. The molecule has 0 bridgehead atoms. The molecule has 4 rings (SSSR count). The van der Waals surface area contributed by atoms with Crippen molar-refractivity contribution in [2.24, 2.45) is 5.92 Å². The number of hydrogen-bond acceptors (Lipinski definition) is 4. The summed E-state index contributed by atoms with van der Waals surface area (Å²) in [6.45, 7) is 4.13. The van der Waals surface area contributed by atoms with Gasteiger partial charge in [-0.3, -0.25) is 9.78 Å². The van der Waals surface area contributed by atoms with Gasteiger partial charge in [-0.15, -0.1) is 11.8 Å². The Balaban J connectivity index is 1.23. The van der Waals surface area contributed by atoms with Crippen LogP contribution in [0.3, 0.4) is 0 Å². The molecular formula is C18H23FN2O2S. The quantitative estimate of drug-likeness (QED) is 0.837. The minimum atomic E-state index is -0.761. The Kier molecular flexibility index (Phi) is 4.29. The molecule has 3 aliphatic rings. The molecule has 4 nitrogen and oxygen atoms in total. The van der Waals surface area contributed by atoms with Gasteiger partial charge in [-0.25, -0.2) is 4.39 Å². The largest absolute Gasteiger partial charge is 0.371 e. The SMILES string of the molecule is Cc1cccc(CO[C@H]2CSC3(C2)CN(C(=O)C2CC(F)C2)C3)n1. The Bertz CT molecular complexity index is 629. The molecule has 24 heavy (non-hydrogen) atoms. The van der Waals surface area contributed by atoms with Gasteiger partial charge in [0.25, 0.3) is 0 Å². The lowest BCUT2D eigenvalue weighted by Gasteiger charge is -2.49. The number of ether oxygens (including phenoxy) is 1. The highest BCUT2D eigenvalue weighted by Gasteiger charge is 2.52. The average molecular weight is 350 g/mol. The van der Waals surface area contributed by atoms with E-state index >= 15 is 0 Å². The maximum Gasteiger partial charge on any atom is 0.225 e. The molecule has 2 aliphatic heterocycles. The number of aryl methyl sites for hydroxylation is 1. The molecule has 0 N–H and O–H groups in total. The van der Waals surface area contributed by atoms with Crippen molar-refractivity contribution in [2.45, 2.75) is 49.8 Å². The van der Waals surface area contributed by atoms with Crippen LogP contribution >= 0.6 is 11.8 Å². The number of aromatic nitrogens is 1. The van der Waals surface area contributed by atoms with Crippen LogP contribution in [0.2, 0.25) is 0 Å². The molecule has 3 heterocycles. The Morgan fingerprint density at radius 3 is 2.96 bits per heavy atom. The number of carbonyl (C=O) groups excluding carboxylic acids is 1. The number of hydrogen-bond donors (Lipinski definition) is 0. The van der Waals surface area contributed by atoms with Gasteiger partial charge in [-0.05, 0) is 38.3 Å². The van der Waals surface area contributed by atoms with E-state index in [1.54, 1.807) is 0 Å². The van der Waals surface area contributed by atoms with Gasteiger partial charge in [0.15, 0.2) is 0 Å². The summed E-state index contributed by atoms with van der Waals surface area (Å²) >= 11 is 1.92. The predicted molar refractivity (Wildman–Crippen MR) is 91.6 cm³/mol. The van der Waals surface area contributed by atoms with Crippen molar-refractivity contribution in [3.05, 3.63) is 29.6 Å². The molecule has 6 heteroatoms. The molecule has 0 radical (unpaired) electrons. The van der Waals surface area contributed by atoms with Crippen LogP contribution in [0.25, 0.3) is 0 Å². The van der Waals surface area contributed by atoms with Crippen molar-refractivity contribution in [3.8, 4) is 0 Å². The summed E-state index contributed by atoms with van der Waals surface area (Å²) in [7, 11) is 0. The fraction of sp³-hybridized carbons (Fsp3) is 0.667. The Morgan fingerprint density at radius 2 is 2.25 bits per heavy atom. The molecule has 2 saturated heterocycles. The lowest BCUT2D eigenvalue weighted by Crippen LogP contribution is -2.62. The number of pyridine rings is 1. The number of nitrogens with zero attached hydrogens (tertiary/aromatic N) is 2. The summed E-state index contributed by atoms with van der Waals surface area (Å²) in [5.74, 6) is 1.07. The van der Waals surface area contributed by atoms with Crippen molar-refractivity contribution in [1.82, 2.24) is 9.88 Å². The highest BCUT2D eigenvalue weighted by atomic mass is 32.2. The van der Waals surface area contributed by atoms with Gasteiger partial charge in [-0.1, -0.05) is 6.07 Å². The molecule has 0 aromatic carbocycles. The van der Waals surface area contributed by atoms with Gasteiger partial charge < -0.3 is 9.64 Å². The molecular weight excluding hydrogens is 327 g/mol. The zero-order valence-electron chi connectivity index (χ0n) is 13.9. The summed E-state index contributed by atoms with van der Waals surface area (Å²) in [5.41, 5.74) is 1.98. The van der Waals surface area contributed by atoms with Crippen LogP contribution in [0.4, 0.5) is 4.39 Å². The van der Waals surface area contributed by atoms with Crippen molar-refractivity contribution in [2.75, 3.05) is 18.8 Å². The molecule has 130 valence electrons. The highest BCUT2D eigenvalue weighted by Crippen LogP contribution is 2.47. The normalized spacial score (nSPS) is 30.9. The van der Waals surface area contributed by atoms with E-state index in [0.717, 1.165) is 36.7 Å². The minimum Gasteiger partial charge on any atom is -0.371 e. The first kappa shape index (κ1) is 16.3. The van der Waals surface area contributed by atoms with Crippen molar-refractivity contribution in [1.29, 1.82) is 0 Å². The first-order valence-electron chi connectivity index (χ1n) is 8.64. The number of likely N-dealkylation sites (tertiary alicyclic amines) is 1. The Morgan fingerprint density at radius 1 is 1.46 bits per heavy atom. The fourth-order valence-electron chi connectivity index (χ4n) is 3.83. The molecule has 1 aliphatic carbocycles. The van der Waals surface area contributed by atoms with Crippen LogP contribution in [0, 0.1) is 12.8 Å². The molecule has 1 saturated carbocycles. The molecule has 1 atom stereocenters. The topological polar surface area (TPSA) is 42.4 Å². The second-order valence-electron chi connectivity index (χ2n) is 7.36. The van der Waals surface area contributed by atoms with Crippen molar-refractivity contribution in [3.63, 3.8) is 0 Å². The molecule has 1 spiro atoms. The Hall–Kier alpha value is -1.14. The first-order valence-corrected chi connectivity index (χ1v) is 9.62. The van der Waals surface area contributed by atoms with E-state index in [1.165, 1.54) is 0 Å². The van der Waals surface area contributed by atoms with Crippen molar-refractivity contribution >= 4 is 17.7 Å². The summed E-state index contributed by atoms with van der Waals surface area (Å²) in [6, 6.07) is 5.98. The summed E-state index contributed by atoms with van der Waals surface area (Å²) in [6.07, 6.45) is 1.30. The van der Waals surface area contributed by atoms with Crippen LogP contribution in [0.5, 0.6) is 0 Å². The third-order valence-corrected chi connectivity index (χ3v) is 6.86. The van der Waals surface area contributed by atoms with Gasteiger partial charge in [0.2, 0.25) is 5.91 Å². The fourth-order valence-corrected chi connectivity index (χ4v) is 5.38. The van der Waals surface area contributed by atoms with Gasteiger partial charge in [0, 0.05) is 30.5 Å². The second kappa shape index (κ2) is 6.30. The zero-order valence-corrected chi connectivity index (χ0v) is 14.7. The first-order chi connectivity index (χ1) is 11.5. The van der Waals surface area contributed by atoms with Gasteiger partial charge in [0.1, 0.15) is 6.17 Å². The van der Waals surface area contributed by atoms with Crippen LogP contribution in [0.1, 0.15) is 30.7 Å². The lowest BCUT2D eigenvalue weighted by atomic mass is 9.80. The second-order valence-corrected chi connectivity index (χ2v) is 8.85. The van der Waals surface area contributed by atoms with E-state index in [1.807, 2.05) is 41.8 Å². The van der Waals surface area contributed by atoms with E-state index in [-0.39, 0.29) is 22.7 Å². The molecule has 0 unspecified atom stereocenters. The van der Waals surface area contributed by atoms with Crippen LogP contribution in [-0.4, -0.2) is 51.7 Å². The lowest BCUT2D eigenvalue weighted by molar-refractivity contribution is -0.146. The number of amides is 1. The minimum absolute atomic E-state index is 0.0665. The van der Waals surface area contributed by atoms with Gasteiger partial charge >= 0.3 is 0 Å². The van der Waals surface area contributed by atoms with Crippen molar-refractivity contribution < 1.29 is 13.9 Å². The maximum absolute atomic E-state index is 12.9. The highest BCUT2D eigenvalue weighted by molar-refractivity contribution is 8.01. The number of rotatable bonds is 4. The number of alkyl halides is 1. The van der Waals surface area contributed by atoms with Crippen LogP contribution in [0.15, 0.2) is 18.2 Å². The third kappa shape index (κ3) is 3.18. The van der Waals surface area contributed by atoms with Crippen LogP contribution < -0.4 is 0 Å². The van der Waals surface area contributed by atoms with Gasteiger partial charge in [-0.2, -0.15) is 0 Å². The summed E-state index contributed by atoms with van der Waals surface area (Å²) < 4.78 is 19.1. The third-order valence-electron chi connectivity index (χ3n) is 5.29. The smallest absolute Gasteiger partial charge is 0.225 e. The van der Waals surface area contributed by atoms with E-state index < -0.39 is 6.17 Å². The zero-order chi connectivity index (χ0) is 16.7. The maximum atomic E-state index is 12.9. The monoisotopic (exact) mass is 350 g/mol.